The van der Waals surface area contributed by atoms with Gasteiger partial charge in [-0.25, -0.2) is 8.78 Å². The highest BCUT2D eigenvalue weighted by Gasteiger charge is 2.07. The van der Waals surface area contributed by atoms with Crippen molar-refractivity contribution in [2.45, 2.75) is 13.8 Å². The molecule has 3 aromatic carbocycles. The Morgan fingerprint density at radius 1 is 0.720 bits per heavy atom. The zero-order valence-electron chi connectivity index (χ0n) is 13.6. The first-order valence-electron chi connectivity index (χ1n) is 7.41. The van der Waals surface area contributed by atoms with E-state index in [0.717, 1.165) is 16.7 Å². The van der Waals surface area contributed by atoms with Gasteiger partial charge in [-0.3, -0.25) is 0 Å². The van der Waals surface area contributed by atoms with Crippen LogP contribution in [-0.4, -0.2) is 0 Å². The SMILES string of the molecule is Cc1ccc(-c2ccc(Cl)c(Cl)c2)c(F)c1.Cc1ccc(Br)c(F)c1. The lowest BCUT2D eigenvalue weighted by molar-refractivity contribution is 0.620. The molecule has 25 heavy (non-hydrogen) atoms. The first-order chi connectivity index (χ1) is 11.8. The Labute approximate surface area is 164 Å². The summed E-state index contributed by atoms with van der Waals surface area (Å²) in [5.41, 5.74) is 3.09. The molecule has 0 bridgehead atoms. The third kappa shape index (κ3) is 5.53. The summed E-state index contributed by atoms with van der Waals surface area (Å²) in [6, 6.07) is 15.2. The van der Waals surface area contributed by atoms with Crippen molar-refractivity contribution in [3.05, 3.63) is 91.9 Å². The van der Waals surface area contributed by atoms with Crippen molar-refractivity contribution in [3.63, 3.8) is 0 Å². The summed E-state index contributed by atoms with van der Waals surface area (Å²) in [6.07, 6.45) is 0. The second kappa shape index (κ2) is 8.79. The highest BCUT2D eigenvalue weighted by molar-refractivity contribution is 9.10. The van der Waals surface area contributed by atoms with Gasteiger partial charge in [-0.1, -0.05) is 47.5 Å². The average Bonchev–Trinajstić information content (AvgIpc) is 2.55. The molecule has 0 unspecified atom stereocenters. The van der Waals surface area contributed by atoms with E-state index in [0.29, 0.717) is 20.1 Å². The minimum absolute atomic E-state index is 0.199. The van der Waals surface area contributed by atoms with Crippen molar-refractivity contribution in [1.82, 2.24) is 0 Å². The molecule has 0 spiro atoms. The molecule has 0 aliphatic carbocycles. The van der Waals surface area contributed by atoms with E-state index in [1.807, 2.05) is 26.0 Å². The summed E-state index contributed by atoms with van der Waals surface area (Å²) >= 11 is 14.8. The molecule has 0 aliphatic rings. The van der Waals surface area contributed by atoms with Crippen molar-refractivity contribution in [1.29, 1.82) is 0 Å². The van der Waals surface area contributed by atoms with E-state index < -0.39 is 0 Å². The number of aryl methyl sites for hydroxylation is 2. The van der Waals surface area contributed by atoms with Gasteiger partial charge in [0, 0.05) is 5.56 Å². The van der Waals surface area contributed by atoms with Gasteiger partial charge in [0.15, 0.2) is 0 Å². The fourth-order valence-corrected chi connectivity index (χ4v) is 2.66. The normalized spacial score (nSPS) is 10.2. The third-order valence-electron chi connectivity index (χ3n) is 3.43. The first kappa shape index (κ1) is 19.9. The van der Waals surface area contributed by atoms with Crippen LogP contribution in [0.25, 0.3) is 11.1 Å². The minimum Gasteiger partial charge on any atom is -0.206 e. The largest absolute Gasteiger partial charge is 0.206 e. The molecule has 0 heterocycles. The quantitative estimate of drug-likeness (QED) is 0.357. The molecule has 130 valence electrons. The van der Waals surface area contributed by atoms with Gasteiger partial charge in [0.2, 0.25) is 0 Å². The predicted octanol–water partition coefficient (Wildman–Crippen LogP) is 8.00. The number of hydrogen-bond acceptors (Lipinski definition) is 0. The Bertz CT molecular complexity index is 895. The molecule has 0 saturated heterocycles. The van der Waals surface area contributed by atoms with Gasteiger partial charge in [0.1, 0.15) is 11.6 Å². The highest BCUT2D eigenvalue weighted by Crippen LogP contribution is 2.30. The van der Waals surface area contributed by atoms with Crippen LogP contribution in [-0.2, 0) is 0 Å². The van der Waals surface area contributed by atoms with E-state index in [-0.39, 0.29) is 11.6 Å². The van der Waals surface area contributed by atoms with E-state index in [2.05, 4.69) is 15.9 Å². The van der Waals surface area contributed by atoms with Crippen LogP contribution in [0.2, 0.25) is 10.0 Å². The second-order valence-corrected chi connectivity index (χ2v) is 7.20. The maximum atomic E-state index is 13.7. The van der Waals surface area contributed by atoms with Crippen LogP contribution in [0, 0.1) is 25.5 Å². The molecule has 0 aromatic heterocycles. The van der Waals surface area contributed by atoms with E-state index in [4.69, 9.17) is 23.2 Å². The van der Waals surface area contributed by atoms with Gasteiger partial charge in [0.25, 0.3) is 0 Å². The molecule has 0 amide bonds. The summed E-state index contributed by atoms with van der Waals surface area (Å²) in [7, 11) is 0. The standard InChI is InChI=1S/C13H9Cl2F.C7H6BrF/c1-8-2-4-10(13(16)6-8)9-3-5-11(14)12(15)7-9;1-5-2-3-6(8)7(9)4-5/h2-7H,1H3;2-4H,1H3. The Hall–Kier alpha value is -1.42. The highest BCUT2D eigenvalue weighted by atomic mass is 79.9. The van der Waals surface area contributed by atoms with Crippen molar-refractivity contribution < 1.29 is 8.78 Å². The molecular weight excluding hydrogens is 429 g/mol. The van der Waals surface area contributed by atoms with Crippen LogP contribution in [0.15, 0.2) is 59.1 Å². The molecule has 0 fully saturated rings. The van der Waals surface area contributed by atoms with Crippen LogP contribution < -0.4 is 0 Å². The molecule has 0 aliphatic heterocycles. The van der Waals surface area contributed by atoms with Crippen LogP contribution in [0.3, 0.4) is 0 Å². The molecule has 5 heteroatoms. The minimum atomic E-state index is -0.251. The molecule has 0 saturated carbocycles. The van der Waals surface area contributed by atoms with Crippen molar-refractivity contribution >= 4 is 39.1 Å². The van der Waals surface area contributed by atoms with E-state index >= 15 is 0 Å². The van der Waals surface area contributed by atoms with Gasteiger partial charge in [-0.2, -0.15) is 0 Å². The third-order valence-corrected chi connectivity index (χ3v) is 4.81. The first-order valence-corrected chi connectivity index (χ1v) is 8.96. The van der Waals surface area contributed by atoms with Crippen molar-refractivity contribution in [3.8, 4) is 11.1 Å². The summed E-state index contributed by atoms with van der Waals surface area (Å²) in [6.45, 7) is 3.71. The van der Waals surface area contributed by atoms with Gasteiger partial charge >= 0.3 is 0 Å². The van der Waals surface area contributed by atoms with Crippen molar-refractivity contribution in [2.75, 3.05) is 0 Å². The van der Waals surface area contributed by atoms with E-state index in [9.17, 15) is 8.78 Å². The zero-order chi connectivity index (χ0) is 18.6. The Balaban J connectivity index is 0.000000212. The van der Waals surface area contributed by atoms with Crippen LogP contribution in [0.5, 0.6) is 0 Å². The summed E-state index contributed by atoms with van der Waals surface area (Å²) in [5.74, 6) is -0.451. The van der Waals surface area contributed by atoms with E-state index in [1.165, 1.54) is 12.1 Å². The molecule has 0 nitrogen and oxygen atoms in total. The monoisotopic (exact) mass is 442 g/mol. The Morgan fingerprint density at radius 3 is 1.84 bits per heavy atom. The Kier molecular flexibility index (Phi) is 7.00. The topological polar surface area (TPSA) is 0 Å². The van der Waals surface area contributed by atoms with Gasteiger partial charge in [-0.05, 0) is 76.8 Å². The molecule has 0 N–H and O–H groups in total. The molecule has 3 aromatic rings. The maximum absolute atomic E-state index is 13.7. The zero-order valence-corrected chi connectivity index (χ0v) is 16.7. The van der Waals surface area contributed by atoms with Crippen LogP contribution >= 0.6 is 39.1 Å². The fourth-order valence-electron chi connectivity index (χ4n) is 2.12. The van der Waals surface area contributed by atoms with E-state index in [1.54, 1.807) is 30.3 Å². The summed E-state index contributed by atoms with van der Waals surface area (Å²) in [4.78, 5) is 0. The number of hydrogen-bond donors (Lipinski definition) is 0. The van der Waals surface area contributed by atoms with Crippen molar-refractivity contribution in [2.24, 2.45) is 0 Å². The lowest BCUT2D eigenvalue weighted by atomic mass is 10.0. The van der Waals surface area contributed by atoms with Gasteiger partial charge in [-0.15, -0.1) is 0 Å². The Morgan fingerprint density at radius 2 is 1.32 bits per heavy atom. The maximum Gasteiger partial charge on any atom is 0.137 e. The molecule has 3 rings (SSSR count). The summed E-state index contributed by atoms with van der Waals surface area (Å²) in [5, 5.41) is 0.900. The van der Waals surface area contributed by atoms with Crippen LogP contribution in [0.1, 0.15) is 11.1 Å². The number of rotatable bonds is 1. The summed E-state index contributed by atoms with van der Waals surface area (Å²) < 4.78 is 26.7. The molecule has 0 radical (unpaired) electrons. The molecule has 0 atom stereocenters. The van der Waals surface area contributed by atoms with Gasteiger partial charge in [0.05, 0.1) is 14.5 Å². The smallest absolute Gasteiger partial charge is 0.137 e. The van der Waals surface area contributed by atoms with Gasteiger partial charge < -0.3 is 0 Å². The van der Waals surface area contributed by atoms with Crippen LogP contribution in [0.4, 0.5) is 8.78 Å². The predicted molar refractivity (Wildman–Crippen MR) is 105 cm³/mol. The number of benzene rings is 3. The molecular formula is C20H15BrCl2F2. The average molecular weight is 444 g/mol. The lowest BCUT2D eigenvalue weighted by Gasteiger charge is -2.05. The number of halogens is 5. The fraction of sp³-hybridized carbons (Fsp3) is 0.100. The second-order valence-electron chi connectivity index (χ2n) is 5.53. The lowest BCUT2D eigenvalue weighted by Crippen LogP contribution is -1.85.